The highest BCUT2D eigenvalue weighted by Crippen LogP contribution is 2.22. The predicted molar refractivity (Wildman–Crippen MR) is 62.0 cm³/mol. The average Bonchev–Trinajstić information content (AvgIpc) is 2.94. The van der Waals surface area contributed by atoms with Crippen LogP contribution in [0.3, 0.4) is 0 Å². The van der Waals surface area contributed by atoms with E-state index in [0.717, 1.165) is 0 Å². The van der Waals surface area contributed by atoms with Crippen molar-refractivity contribution < 1.29 is 14.3 Å². The summed E-state index contributed by atoms with van der Waals surface area (Å²) in [5.74, 6) is 0.368. The summed E-state index contributed by atoms with van der Waals surface area (Å²) in [7, 11) is 1.25. The van der Waals surface area contributed by atoms with Gasteiger partial charge in [0.2, 0.25) is 11.7 Å². The van der Waals surface area contributed by atoms with Crippen LogP contribution in [0.15, 0.2) is 0 Å². The molecule has 1 N–H and O–H groups in total. The number of aromatic amines is 1. The fourth-order valence-electron chi connectivity index (χ4n) is 1.66. The number of carbonyl (C=O) groups is 2. The lowest BCUT2D eigenvalue weighted by molar-refractivity contribution is -0.117. The Hall–Kier alpha value is -1.57. The van der Waals surface area contributed by atoms with Gasteiger partial charge in [-0.05, 0) is 11.7 Å². The molecule has 1 aliphatic heterocycles. The van der Waals surface area contributed by atoms with Crippen molar-refractivity contribution in [1.29, 1.82) is 0 Å². The van der Waals surface area contributed by atoms with Crippen LogP contribution in [0.5, 0.6) is 0 Å². The van der Waals surface area contributed by atoms with Crippen LogP contribution in [0.25, 0.3) is 0 Å². The van der Waals surface area contributed by atoms with E-state index < -0.39 is 5.97 Å². The lowest BCUT2D eigenvalue weighted by atomic mass is 10.1. The van der Waals surface area contributed by atoms with Crippen molar-refractivity contribution in [2.45, 2.75) is 6.42 Å². The number of methoxy groups -OCH3 is 1. The number of nitrogens with one attached hydrogen (secondary N) is 1. The number of nitrogens with zero attached hydrogens (tertiary/aromatic N) is 3. The Balaban J connectivity index is 2.15. The molecule has 1 unspecified atom stereocenters. The second-order valence-corrected chi connectivity index (χ2v) is 4.10. The Kier molecular flexibility index (Phi) is 3.32. The Bertz CT molecular complexity index is 447. The summed E-state index contributed by atoms with van der Waals surface area (Å²) < 4.78 is 4.49. The van der Waals surface area contributed by atoms with Gasteiger partial charge in [-0.25, -0.2) is 4.79 Å². The normalized spacial score (nSPS) is 19.8. The molecule has 1 amide bonds. The van der Waals surface area contributed by atoms with E-state index in [4.69, 9.17) is 0 Å². The molecule has 92 valence electrons. The third-order valence-corrected chi connectivity index (χ3v) is 3.07. The molecule has 0 spiro atoms. The molecule has 1 saturated heterocycles. The van der Waals surface area contributed by atoms with Crippen molar-refractivity contribution in [3.05, 3.63) is 5.82 Å². The van der Waals surface area contributed by atoms with Crippen molar-refractivity contribution in [2.24, 2.45) is 5.92 Å². The smallest absolute Gasteiger partial charge is 0.375 e. The lowest BCUT2D eigenvalue weighted by Crippen LogP contribution is -2.26. The van der Waals surface area contributed by atoms with E-state index in [2.05, 4.69) is 32.5 Å². The van der Waals surface area contributed by atoms with E-state index in [1.807, 2.05) is 0 Å². The first-order chi connectivity index (χ1) is 8.15. The van der Waals surface area contributed by atoms with Gasteiger partial charge in [0, 0.05) is 13.0 Å². The third-order valence-electron chi connectivity index (χ3n) is 2.56. The number of H-pyrrole nitrogens is 1. The zero-order chi connectivity index (χ0) is 12.4. The predicted octanol–water partition coefficient (Wildman–Crippen LogP) is -0.126. The highest BCUT2D eigenvalue weighted by molar-refractivity contribution is 7.80. The van der Waals surface area contributed by atoms with Crippen LogP contribution >= 0.6 is 12.6 Å². The molecule has 1 atom stereocenters. The number of esters is 1. The van der Waals surface area contributed by atoms with Gasteiger partial charge in [-0.3, -0.25) is 14.8 Å². The summed E-state index contributed by atoms with van der Waals surface area (Å²) in [6.07, 6.45) is 0.436. The number of rotatable bonds is 3. The number of thiol groups is 1. The highest BCUT2D eigenvalue weighted by Gasteiger charge is 2.32. The summed E-state index contributed by atoms with van der Waals surface area (Å²) >= 11 is 4.16. The number of carbonyl (C=O) groups excluding carboxylic acids is 2. The van der Waals surface area contributed by atoms with Gasteiger partial charge < -0.3 is 4.74 Å². The van der Waals surface area contributed by atoms with Crippen LogP contribution in [0.4, 0.5) is 5.95 Å². The number of hydrogen-bond donors (Lipinski definition) is 2. The van der Waals surface area contributed by atoms with Crippen LogP contribution in [0.1, 0.15) is 17.0 Å². The molecular formula is C9H12N4O3S. The van der Waals surface area contributed by atoms with Crippen molar-refractivity contribution in [3.8, 4) is 0 Å². The first-order valence-corrected chi connectivity index (χ1v) is 5.71. The first kappa shape index (κ1) is 11.9. The van der Waals surface area contributed by atoms with Gasteiger partial charge >= 0.3 is 5.97 Å². The SMILES string of the molecule is COC(=O)c1nc(N2CC(CS)CC2=O)n[nH]1. The van der Waals surface area contributed by atoms with E-state index in [1.54, 1.807) is 0 Å². The van der Waals surface area contributed by atoms with Gasteiger partial charge in [0.05, 0.1) is 7.11 Å². The Morgan fingerprint density at radius 2 is 2.47 bits per heavy atom. The van der Waals surface area contributed by atoms with Crippen molar-refractivity contribution in [2.75, 3.05) is 24.3 Å². The van der Waals surface area contributed by atoms with Crippen molar-refractivity contribution in [3.63, 3.8) is 0 Å². The molecule has 7 nitrogen and oxygen atoms in total. The van der Waals surface area contributed by atoms with Gasteiger partial charge in [0.1, 0.15) is 0 Å². The maximum atomic E-state index is 11.7. The highest BCUT2D eigenvalue weighted by atomic mass is 32.1. The topological polar surface area (TPSA) is 88.2 Å². The lowest BCUT2D eigenvalue weighted by Gasteiger charge is -2.10. The maximum absolute atomic E-state index is 11.7. The molecule has 0 radical (unpaired) electrons. The van der Waals surface area contributed by atoms with Gasteiger partial charge in [-0.1, -0.05) is 0 Å². The molecule has 1 fully saturated rings. The van der Waals surface area contributed by atoms with E-state index in [-0.39, 0.29) is 23.6 Å². The molecule has 2 rings (SSSR count). The number of hydrogen-bond acceptors (Lipinski definition) is 6. The molecule has 0 bridgehead atoms. The van der Waals surface area contributed by atoms with Crippen molar-refractivity contribution in [1.82, 2.24) is 15.2 Å². The number of aromatic nitrogens is 3. The molecule has 0 aliphatic carbocycles. The number of amides is 1. The van der Waals surface area contributed by atoms with Crippen molar-refractivity contribution >= 4 is 30.5 Å². The minimum absolute atomic E-state index is 0.00961. The Labute approximate surface area is 103 Å². The fourth-order valence-corrected chi connectivity index (χ4v) is 1.90. The third kappa shape index (κ3) is 2.26. The molecule has 0 aromatic carbocycles. The first-order valence-electron chi connectivity index (χ1n) is 5.07. The summed E-state index contributed by atoms with van der Waals surface area (Å²) in [5, 5.41) is 6.27. The van der Waals surface area contributed by atoms with Crippen LogP contribution in [-0.2, 0) is 9.53 Å². The van der Waals surface area contributed by atoms with Gasteiger partial charge in [0.15, 0.2) is 0 Å². The number of anilines is 1. The molecule has 2 heterocycles. The second-order valence-electron chi connectivity index (χ2n) is 3.73. The van der Waals surface area contributed by atoms with Crippen LogP contribution in [0, 0.1) is 5.92 Å². The van der Waals surface area contributed by atoms with E-state index in [1.165, 1.54) is 12.0 Å². The zero-order valence-corrected chi connectivity index (χ0v) is 10.1. The van der Waals surface area contributed by atoms with E-state index in [9.17, 15) is 9.59 Å². The van der Waals surface area contributed by atoms with E-state index >= 15 is 0 Å². The maximum Gasteiger partial charge on any atom is 0.375 e. The minimum atomic E-state index is -0.610. The summed E-state index contributed by atoms with van der Waals surface area (Å²) in [5.41, 5.74) is 0. The molecular weight excluding hydrogens is 244 g/mol. The van der Waals surface area contributed by atoms with Gasteiger partial charge in [0.25, 0.3) is 5.95 Å². The van der Waals surface area contributed by atoms with Crippen LogP contribution in [0.2, 0.25) is 0 Å². The van der Waals surface area contributed by atoms with Gasteiger partial charge in [-0.15, -0.1) is 5.10 Å². The summed E-state index contributed by atoms with van der Waals surface area (Å²) in [6, 6.07) is 0. The monoisotopic (exact) mass is 256 g/mol. The number of ether oxygens (including phenoxy) is 1. The average molecular weight is 256 g/mol. The minimum Gasteiger partial charge on any atom is -0.463 e. The standard InChI is InChI=1S/C9H12N4O3S/c1-16-8(15)7-10-9(12-11-7)13-3-5(4-17)2-6(13)14/h5,17H,2-4H2,1H3,(H,10,11,12). The molecule has 1 aromatic heterocycles. The Morgan fingerprint density at radius 1 is 1.71 bits per heavy atom. The quantitative estimate of drug-likeness (QED) is 0.581. The van der Waals surface area contributed by atoms with Gasteiger partial charge in [-0.2, -0.15) is 17.6 Å². The summed E-state index contributed by atoms with van der Waals surface area (Å²) in [6.45, 7) is 0.529. The fraction of sp³-hybridized carbons (Fsp3) is 0.556. The second kappa shape index (κ2) is 4.74. The van der Waals surface area contributed by atoms with E-state index in [0.29, 0.717) is 18.7 Å². The molecule has 8 heteroatoms. The largest absolute Gasteiger partial charge is 0.463 e. The summed E-state index contributed by atoms with van der Waals surface area (Å²) in [4.78, 5) is 28.2. The molecule has 17 heavy (non-hydrogen) atoms. The van der Waals surface area contributed by atoms with Crippen LogP contribution < -0.4 is 4.90 Å². The molecule has 0 saturated carbocycles. The molecule has 1 aromatic rings. The van der Waals surface area contributed by atoms with Crippen LogP contribution in [-0.4, -0.2) is 46.5 Å². The zero-order valence-electron chi connectivity index (χ0n) is 9.21. The Morgan fingerprint density at radius 3 is 3.06 bits per heavy atom. The molecule has 1 aliphatic rings.